The maximum atomic E-state index is 10.8. The number of rotatable bonds is 6. The largest absolute Gasteiger partial charge is 2.00 e. The average Bonchev–Trinajstić information content (AvgIpc) is 2.42. The van der Waals surface area contributed by atoms with Crippen molar-refractivity contribution in [3.05, 3.63) is 0 Å². The predicted octanol–water partition coefficient (Wildman–Crippen LogP) is -1.84. The molecule has 1 aliphatic rings. The molecule has 0 unspecified atom stereocenters. The monoisotopic (exact) mass is 366 g/mol. The number of hydrogen-bond acceptors (Lipinski definition) is 6. The number of hydrogen-bond donors (Lipinski definition) is 3. The summed E-state index contributed by atoms with van der Waals surface area (Å²) in [5.74, 6) is -2.86. The molecule has 3 N–H and O–H groups in total. The molecular weight excluding hydrogens is 346 g/mol. The van der Waals surface area contributed by atoms with Crippen LogP contribution in [-0.4, -0.2) is 107 Å². The van der Waals surface area contributed by atoms with Gasteiger partial charge in [0.15, 0.2) is 0 Å². The minimum Gasteiger partial charge on any atom is -0.480 e. The normalized spacial score (nSPS) is 18.5. The maximum absolute atomic E-state index is 10.8. The van der Waals surface area contributed by atoms with Crippen LogP contribution < -0.4 is 0 Å². The third-order valence-corrected chi connectivity index (χ3v) is 3.27. The van der Waals surface area contributed by atoms with Gasteiger partial charge in [0, 0.05) is 39.3 Å². The summed E-state index contributed by atoms with van der Waals surface area (Å²) in [5.41, 5.74) is 0. The molecule has 0 aromatic carbocycles. The molecule has 0 amide bonds. The van der Waals surface area contributed by atoms with E-state index in [0.29, 0.717) is 39.3 Å². The van der Waals surface area contributed by atoms with E-state index in [2.05, 4.69) is 0 Å². The first-order valence-corrected chi connectivity index (χ1v) is 6.69. The fraction of sp³-hybridized carbons (Fsp3) is 0.750. The van der Waals surface area contributed by atoms with E-state index in [1.807, 2.05) is 0 Å². The molecule has 0 atom stereocenters. The zero-order valence-corrected chi connectivity index (χ0v) is 13.0. The summed E-state index contributed by atoms with van der Waals surface area (Å²) in [7, 11) is 0. The second-order valence-corrected chi connectivity index (χ2v) is 5.01. The molecule has 1 aliphatic heterocycles. The Balaban J connectivity index is 0.00000441. The Kier molecular flexibility index (Phi) is 9.95. The summed E-state index contributed by atoms with van der Waals surface area (Å²) >= 11 is 0. The van der Waals surface area contributed by atoms with Gasteiger partial charge in [-0.15, -0.1) is 0 Å². The van der Waals surface area contributed by atoms with E-state index in [0.717, 1.165) is 0 Å². The minimum atomic E-state index is -0.955. The van der Waals surface area contributed by atoms with Crippen molar-refractivity contribution in [2.24, 2.45) is 0 Å². The van der Waals surface area contributed by atoms with E-state index >= 15 is 0 Å². The quantitative estimate of drug-likeness (QED) is 0.465. The van der Waals surface area contributed by atoms with Gasteiger partial charge in [0.2, 0.25) is 0 Å². The van der Waals surface area contributed by atoms with Crippen LogP contribution in [0.3, 0.4) is 0 Å². The third-order valence-electron chi connectivity index (χ3n) is 3.27. The van der Waals surface area contributed by atoms with Gasteiger partial charge in [-0.2, -0.15) is 0 Å². The van der Waals surface area contributed by atoms with Crippen LogP contribution in [0.2, 0.25) is 0 Å². The molecule has 22 heavy (non-hydrogen) atoms. The van der Waals surface area contributed by atoms with Crippen LogP contribution in [0, 0.1) is 0 Å². The number of carboxylic acids is 3. The zero-order chi connectivity index (χ0) is 15.8. The first-order valence-electron chi connectivity index (χ1n) is 6.69. The molecular formula is C12H21CuN3O6+2. The maximum Gasteiger partial charge on any atom is 2.00 e. The number of aliphatic carboxylic acids is 3. The van der Waals surface area contributed by atoms with Crippen LogP contribution in [0.1, 0.15) is 0 Å². The van der Waals surface area contributed by atoms with E-state index in [1.165, 1.54) is 0 Å². The molecule has 9 nitrogen and oxygen atoms in total. The van der Waals surface area contributed by atoms with Gasteiger partial charge in [-0.3, -0.25) is 29.1 Å². The van der Waals surface area contributed by atoms with Crippen molar-refractivity contribution in [3.63, 3.8) is 0 Å². The van der Waals surface area contributed by atoms with Crippen LogP contribution in [0.4, 0.5) is 0 Å². The Bertz CT molecular complexity index is 326. The zero-order valence-electron chi connectivity index (χ0n) is 12.1. The van der Waals surface area contributed by atoms with Gasteiger partial charge in [0.1, 0.15) is 0 Å². The summed E-state index contributed by atoms with van der Waals surface area (Å²) < 4.78 is 0. The first-order chi connectivity index (χ1) is 9.86. The predicted molar refractivity (Wildman–Crippen MR) is 72.2 cm³/mol. The van der Waals surface area contributed by atoms with E-state index in [-0.39, 0.29) is 36.7 Å². The SMILES string of the molecule is O=C(O)CN1CCN(CC(=O)O)CCN(CC(=O)O)CC1.[Cu+2]. The second-order valence-electron chi connectivity index (χ2n) is 5.01. The molecule has 0 aliphatic carbocycles. The molecule has 1 fully saturated rings. The second kappa shape index (κ2) is 10.5. The van der Waals surface area contributed by atoms with Crippen molar-refractivity contribution >= 4 is 17.9 Å². The molecule has 10 heteroatoms. The van der Waals surface area contributed by atoms with Crippen molar-refractivity contribution < 1.29 is 46.8 Å². The van der Waals surface area contributed by atoms with Crippen LogP contribution >= 0.6 is 0 Å². The molecule has 0 aromatic heterocycles. The summed E-state index contributed by atoms with van der Waals surface area (Å²) in [6.45, 7) is 2.26. The van der Waals surface area contributed by atoms with Crippen LogP contribution in [0.5, 0.6) is 0 Å². The average molecular weight is 367 g/mol. The van der Waals surface area contributed by atoms with E-state index in [9.17, 15) is 14.4 Å². The smallest absolute Gasteiger partial charge is 0.480 e. The van der Waals surface area contributed by atoms with Crippen molar-refractivity contribution in [1.82, 2.24) is 14.7 Å². The molecule has 1 radical (unpaired) electrons. The van der Waals surface area contributed by atoms with Crippen LogP contribution in [0.25, 0.3) is 0 Å². The Morgan fingerprint density at radius 2 is 0.773 bits per heavy atom. The Morgan fingerprint density at radius 1 is 0.591 bits per heavy atom. The fourth-order valence-corrected chi connectivity index (χ4v) is 2.23. The van der Waals surface area contributed by atoms with Crippen molar-refractivity contribution in [3.8, 4) is 0 Å². The number of nitrogens with zero attached hydrogens (tertiary/aromatic N) is 3. The van der Waals surface area contributed by atoms with Gasteiger partial charge in [-0.1, -0.05) is 0 Å². The molecule has 0 bridgehead atoms. The van der Waals surface area contributed by atoms with Gasteiger partial charge in [-0.25, -0.2) is 0 Å². The van der Waals surface area contributed by atoms with Crippen molar-refractivity contribution in [1.29, 1.82) is 0 Å². The molecule has 0 saturated carbocycles. The third kappa shape index (κ3) is 8.96. The van der Waals surface area contributed by atoms with E-state index < -0.39 is 17.9 Å². The van der Waals surface area contributed by atoms with Crippen LogP contribution in [-0.2, 0) is 31.5 Å². The van der Waals surface area contributed by atoms with Gasteiger partial charge < -0.3 is 15.3 Å². The Hall–Kier alpha value is -1.19. The standard InChI is InChI=1S/C12H21N3O6.Cu/c16-10(17)7-13-1-2-14(8-11(18)19)5-6-15(4-3-13)9-12(20)21;/h1-9H2,(H,16,17)(H,18,19)(H,20,21);/q;+2. The van der Waals surface area contributed by atoms with Gasteiger partial charge in [-0.05, 0) is 0 Å². The Morgan fingerprint density at radius 3 is 0.909 bits per heavy atom. The van der Waals surface area contributed by atoms with Crippen LogP contribution in [0.15, 0.2) is 0 Å². The topological polar surface area (TPSA) is 122 Å². The molecule has 1 heterocycles. The summed E-state index contributed by atoms with van der Waals surface area (Å²) in [6.07, 6.45) is 0. The molecule has 1 saturated heterocycles. The minimum absolute atomic E-state index is 0. The molecule has 129 valence electrons. The van der Waals surface area contributed by atoms with Crippen molar-refractivity contribution in [2.75, 3.05) is 58.9 Å². The fourth-order valence-electron chi connectivity index (χ4n) is 2.23. The summed E-state index contributed by atoms with van der Waals surface area (Å²) in [6, 6.07) is 0. The number of carbonyl (C=O) groups is 3. The summed E-state index contributed by atoms with van der Waals surface area (Å²) in [4.78, 5) is 37.5. The van der Waals surface area contributed by atoms with Gasteiger partial charge >= 0.3 is 35.0 Å². The molecule has 0 aromatic rings. The van der Waals surface area contributed by atoms with Gasteiger partial charge in [0.05, 0.1) is 19.6 Å². The van der Waals surface area contributed by atoms with E-state index in [1.54, 1.807) is 14.7 Å². The van der Waals surface area contributed by atoms with Gasteiger partial charge in [0.25, 0.3) is 0 Å². The van der Waals surface area contributed by atoms with Crippen molar-refractivity contribution in [2.45, 2.75) is 0 Å². The summed E-state index contributed by atoms with van der Waals surface area (Å²) in [5, 5.41) is 26.6. The first kappa shape index (κ1) is 20.8. The molecule has 0 spiro atoms. The Labute approximate surface area is 138 Å². The van der Waals surface area contributed by atoms with E-state index in [4.69, 9.17) is 15.3 Å². The number of carboxylic acid groups (broad SMARTS) is 3. The molecule has 1 rings (SSSR count).